The van der Waals surface area contributed by atoms with Crippen molar-refractivity contribution in [2.45, 2.75) is 50.7 Å². The molecule has 3 aliphatic rings. The number of rotatable bonds is 2. The highest BCUT2D eigenvalue weighted by Gasteiger charge is 2.35. The van der Waals surface area contributed by atoms with Gasteiger partial charge in [-0.25, -0.2) is 0 Å². The maximum Gasteiger partial charge on any atom is 0.0223 e. The highest BCUT2D eigenvalue weighted by molar-refractivity contribution is 4.93. The van der Waals surface area contributed by atoms with E-state index in [-0.39, 0.29) is 0 Å². The Morgan fingerprint density at radius 1 is 1.12 bits per heavy atom. The maximum atomic E-state index is 3.67. The average molecular weight is 237 g/mol. The first-order valence-corrected chi connectivity index (χ1v) is 7.41. The van der Waals surface area contributed by atoms with Gasteiger partial charge >= 0.3 is 0 Å². The highest BCUT2D eigenvalue weighted by Crippen LogP contribution is 2.29. The van der Waals surface area contributed by atoms with Crippen molar-refractivity contribution in [1.29, 1.82) is 0 Å². The Hall–Kier alpha value is -0.120. The van der Waals surface area contributed by atoms with Crippen LogP contribution in [0, 0.1) is 5.92 Å². The zero-order valence-corrected chi connectivity index (χ0v) is 11.4. The summed E-state index contributed by atoms with van der Waals surface area (Å²) in [6, 6.07) is 2.45. The van der Waals surface area contributed by atoms with Crippen LogP contribution in [0.15, 0.2) is 0 Å². The van der Waals surface area contributed by atoms with Crippen LogP contribution < -0.4 is 5.32 Å². The number of nitrogens with one attached hydrogen (secondary N) is 1. The van der Waals surface area contributed by atoms with Crippen LogP contribution >= 0.6 is 0 Å². The lowest BCUT2D eigenvalue weighted by Crippen LogP contribution is -2.44. The van der Waals surface area contributed by atoms with Gasteiger partial charge in [-0.3, -0.25) is 4.90 Å². The molecule has 3 nitrogen and oxygen atoms in total. The van der Waals surface area contributed by atoms with Crippen molar-refractivity contribution in [3.05, 3.63) is 0 Å². The van der Waals surface area contributed by atoms with E-state index in [9.17, 15) is 0 Å². The predicted octanol–water partition coefficient (Wildman–Crippen LogP) is 1.15. The van der Waals surface area contributed by atoms with E-state index >= 15 is 0 Å². The molecule has 98 valence electrons. The zero-order chi connectivity index (χ0) is 11.8. The number of hydrogen-bond acceptors (Lipinski definition) is 3. The standard InChI is InChI=1S/C14H27N3/c1-11-5-7-15-14(11)10-17-8-6-12-3-4-13(9-17)16(12)2/h11-15H,3-10H2,1-2H3. The number of fused-ring (bicyclic) bond motifs is 2. The molecule has 0 aromatic rings. The van der Waals surface area contributed by atoms with Crippen LogP contribution in [0.4, 0.5) is 0 Å². The van der Waals surface area contributed by atoms with Crippen LogP contribution in [0.1, 0.15) is 32.6 Å². The molecule has 17 heavy (non-hydrogen) atoms. The number of nitrogens with zero attached hydrogens (tertiary/aromatic N) is 2. The van der Waals surface area contributed by atoms with Gasteiger partial charge in [0.15, 0.2) is 0 Å². The van der Waals surface area contributed by atoms with Gasteiger partial charge in [-0.05, 0) is 51.7 Å². The van der Waals surface area contributed by atoms with Gasteiger partial charge in [0.25, 0.3) is 0 Å². The third-order valence-electron chi connectivity index (χ3n) is 5.38. The fourth-order valence-electron chi connectivity index (χ4n) is 3.97. The number of likely N-dealkylation sites (tertiary alicyclic amines) is 1. The fraction of sp³-hybridized carbons (Fsp3) is 1.00. The van der Waals surface area contributed by atoms with E-state index in [1.54, 1.807) is 0 Å². The molecule has 3 rings (SSSR count). The zero-order valence-electron chi connectivity index (χ0n) is 11.4. The minimum absolute atomic E-state index is 0.747. The summed E-state index contributed by atoms with van der Waals surface area (Å²) in [5, 5.41) is 3.67. The molecule has 3 heteroatoms. The van der Waals surface area contributed by atoms with Gasteiger partial charge in [-0.1, -0.05) is 6.92 Å². The average Bonchev–Trinajstić information content (AvgIpc) is 2.78. The van der Waals surface area contributed by atoms with Crippen LogP contribution in [0.25, 0.3) is 0 Å². The molecule has 0 aromatic carbocycles. The Kier molecular flexibility index (Phi) is 3.42. The van der Waals surface area contributed by atoms with Crippen molar-refractivity contribution in [2.75, 3.05) is 33.2 Å². The van der Waals surface area contributed by atoms with E-state index < -0.39 is 0 Å². The summed E-state index contributed by atoms with van der Waals surface area (Å²) < 4.78 is 0. The Balaban J connectivity index is 1.58. The molecule has 0 spiro atoms. The van der Waals surface area contributed by atoms with E-state index in [1.807, 2.05) is 0 Å². The second-order valence-electron chi connectivity index (χ2n) is 6.43. The van der Waals surface area contributed by atoms with Gasteiger partial charge in [0.05, 0.1) is 0 Å². The lowest BCUT2D eigenvalue weighted by molar-refractivity contribution is 0.200. The van der Waals surface area contributed by atoms with Crippen molar-refractivity contribution >= 4 is 0 Å². The molecule has 3 saturated heterocycles. The second-order valence-corrected chi connectivity index (χ2v) is 6.43. The molecule has 3 aliphatic heterocycles. The van der Waals surface area contributed by atoms with Crippen LogP contribution in [-0.2, 0) is 0 Å². The van der Waals surface area contributed by atoms with Crippen molar-refractivity contribution in [3.63, 3.8) is 0 Å². The van der Waals surface area contributed by atoms with Gasteiger partial charge in [-0.2, -0.15) is 0 Å². The monoisotopic (exact) mass is 237 g/mol. The molecular weight excluding hydrogens is 210 g/mol. The maximum absolute atomic E-state index is 3.67. The molecule has 0 radical (unpaired) electrons. The molecule has 0 saturated carbocycles. The first-order valence-electron chi connectivity index (χ1n) is 7.41. The highest BCUT2D eigenvalue weighted by atomic mass is 15.3. The largest absolute Gasteiger partial charge is 0.312 e. The first-order chi connectivity index (χ1) is 8.24. The third kappa shape index (κ3) is 2.38. The van der Waals surface area contributed by atoms with Crippen LogP contribution in [0.5, 0.6) is 0 Å². The van der Waals surface area contributed by atoms with E-state index in [0.717, 1.165) is 24.0 Å². The molecule has 2 bridgehead atoms. The fourth-order valence-corrected chi connectivity index (χ4v) is 3.97. The van der Waals surface area contributed by atoms with E-state index in [2.05, 4.69) is 29.1 Å². The van der Waals surface area contributed by atoms with Crippen molar-refractivity contribution in [1.82, 2.24) is 15.1 Å². The summed E-state index contributed by atoms with van der Waals surface area (Å²) in [6.45, 7) is 7.53. The summed E-state index contributed by atoms with van der Waals surface area (Å²) in [6.07, 6.45) is 5.61. The minimum atomic E-state index is 0.747. The van der Waals surface area contributed by atoms with Crippen molar-refractivity contribution in [3.8, 4) is 0 Å². The smallest absolute Gasteiger partial charge is 0.0223 e. The Bertz CT molecular complexity index is 268. The van der Waals surface area contributed by atoms with Gasteiger partial charge in [0, 0.05) is 31.2 Å². The minimum Gasteiger partial charge on any atom is -0.312 e. The normalized spacial score (nSPS) is 44.1. The third-order valence-corrected chi connectivity index (χ3v) is 5.38. The Morgan fingerprint density at radius 2 is 1.94 bits per heavy atom. The van der Waals surface area contributed by atoms with Crippen LogP contribution in [0.3, 0.4) is 0 Å². The number of hydrogen-bond donors (Lipinski definition) is 1. The topological polar surface area (TPSA) is 18.5 Å². The van der Waals surface area contributed by atoms with E-state index in [4.69, 9.17) is 0 Å². The molecule has 3 fully saturated rings. The molecule has 3 heterocycles. The second kappa shape index (κ2) is 4.87. The SMILES string of the molecule is CC1CCNC1CN1CCC2CCC(C1)N2C. The van der Waals surface area contributed by atoms with Crippen LogP contribution in [-0.4, -0.2) is 61.2 Å². The van der Waals surface area contributed by atoms with Gasteiger partial charge < -0.3 is 10.2 Å². The summed E-state index contributed by atoms with van der Waals surface area (Å²) in [7, 11) is 2.34. The summed E-state index contributed by atoms with van der Waals surface area (Å²) in [4.78, 5) is 5.37. The molecule has 0 aliphatic carbocycles. The first kappa shape index (κ1) is 11.9. The lowest BCUT2D eigenvalue weighted by Gasteiger charge is -2.29. The van der Waals surface area contributed by atoms with Gasteiger partial charge in [0.2, 0.25) is 0 Å². The number of likely N-dealkylation sites (N-methyl/N-ethyl adjacent to an activating group) is 1. The molecule has 0 amide bonds. The molecule has 0 aromatic heterocycles. The van der Waals surface area contributed by atoms with E-state index in [1.165, 1.54) is 51.9 Å². The summed E-state index contributed by atoms with van der Waals surface area (Å²) in [5.41, 5.74) is 0. The molecule has 4 atom stereocenters. The molecule has 1 N–H and O–H groups in total. The van der Waals surface area contributed by atoms with Crippen molar-refractivity contribution in [2.24, 2.45) is 5.92 Å². The Morgan fingerprint density at radius 3 is 2.71 bits per heavy atom. The van der Waals surface area contributed by atoms with Crippen molar-refractivity contribution < 1.29 is 0 Å². The Labute approximate surface area is 106 Å². The molecular formula is C14H27N3. The lowest BCUT2D eigenvalue weighted by atomic mass is 10.0. The predicted molar refractivity (Wildman–Crippen MR) is 71.2 cm³/mol. The molecule has 4 unspecified atom stereocenters. The summed E-state index contributed by atoms with van der Waals surface area (Å²) >= 11 is 0. The quantitative estimate of drug-likeness (QED) is 0.777. The van der Waals surface area contributed by atoms with Gasteiger partial charge in [-0.15, -0.1) is 0 Å². The summed E-state index contributed by atoms with van der Waals surface area (Å²) in [5.74, 6) is 0.869. The van der Waals surface area contributed by atoms with E-state index in [0.29, 0.717) is 0 Å². The van der Waals surface area contributed by atoms with Gasteiger partial charge in [0.1, 0.15) is 0 Å². The van der Waals surface area contributed by atoms with Crippen LogP contribution in [0.2, 0.25) is 0 Å².